The van der Waals surface area contributed by atoms with E-state index < -0.39 is 5.79 Å². The highest BCUT2D eigenvalue weighted by atomic mass is 16.7. The molecule has 0 heterocycles. The van der Waals surface area contributed by atoms with Crippen LogP contribution < -0.4 is 0 Å². The molecule has 0 aliphatic rings. The average Bonchev–Trinajstić information content (AvgIpc) is 1.83. The highest BCUT2D eigenvalue weighted by molar-refractivity contribution is 4.85. The van der Waals surface area contributed by atoms with E-state index in [2.05, 4.69) is 34.6 Å². The molecule has 0 saturated carbocycles. The molecule has 0 atom stereocenters. The molecule has 0 unspecified atom stereocenters. The second-order valence-corrected chi connectivity index (χ2v) is 5.47. The Labute approximate surface area is 97.4 Å². The van der Waals surface area contributed by atoms with Crippen molar-refractivity contribution in [1.29, 1.82) is 0 Å². The van der Waals surface area contributed by atoms with Crippen LogP contribution in [0.5, 0.6) is 0 Å². The Bertz CT molecular complexity index is 164. The van der Waals surface area contributed by atoms with Crippen LogP contribution in [0.2, 0.25) is 0 Å². The van der Waals surface area contributed by atoms with E-state index in [1.807, 2.05) is 13.8 Å². The Morgan fingerprint density at radius 1 is 0.733 bits per heavy atom. The molecular weight excluding hydrogens is 188 g/mol. The minimum atomic E-state index is -0.517. The van der Waals surface area contributed by atoms with E-state index >= 15 is 0 Å². The third-order valence-electron chi connectivity index (χ3n) is 2.80. The summed E-state index contributed by atoms with van der Waals surface area (Å²) in [6, 6.07) is 0. The van der Waals surface area contributed by atoms with Gasteiger partial charge in [0, 0.05) is 7.11 Å². The van der Waals surface area contributed by atoms with Crippen LogP contribution in [0, 0.1) is 5.41 Å². The molecule has 0 aromatic carbocycles. The van der Waals surface area contributed by atoms with Gasteiger partial charge in [-0.2, -0.15) is 0 Å². The second kappa shape index (κ2) is 5.86. The van der Waals surface area contributed by atoms with E-state index in [1.54, 1.807) is 7.11 Å². The summed E-state index contributed by atoms with van der Waals surface area (Å²) in [5.74, 6) is -0.517. The maximum Gasteiger partial charge on any atom is 0.163 e. The van der Waals surface area contributed by atoms with E-state index in [1.165, 1.54) is 0 Å². The number of ether oxygens (including phenoxy) is 2. The molecule has 2 nitrogen and oxygen atoms in total. The van der Waals surface area contributed by atoms with Gasteiger partial charge in [0.15, 0.2) is 5.79 Å². The molecular formula is C13H32O2. The fraction of sp³-hybridized carbons (Fsp3) is 1.00. The number of rotatable bonds is 3. The zero-order valence-corrected chi connectivity index (χ0v) is 10.3. The molecule has 0 rings (SSSR count). The molecule has 0 aliphatic carbocycles. The lowest BCUT2D eigenvalue weighted by Crippen LogP contribution is -2.46. The summed E-state index contributed by atoms with van der Waals surface area (Å²) in [6.45, 7) is 14.5. The molecule has 0 aromatic heterocycles. The van der Waals surface area contributed by atoms with Crippen molar-refractivity contribution < 1.29 is 9.47 Å². The summed E-state index contributed by atoms with van der Waals surface area (Å²) in [6.07, 6.45) is 0. The van der Waals surface area contributed by atoms with Crippen LogP contribution in [0.15, 0.2) is 0 Å². The standard InChI is InChI=1S/C11H24O2.2CH4/c1-9(2,3)10(4,5)13-11(6,7)12-8;;/h1-8H3;2*1H4. The van der Waals surface area contributed by atoms with Crippen molar-refractivity contribution in [3.05, 3.63) is 0 Å². The van der Waals surface area contributed by atoms with E-state index in [-0.39, 0.29) is 25.9 Å². The first-order valence-electron chi connectivity index (χ1n) is 4.77. The van der Waals surface area contributed by atoms with Crippen LogP contribution in [0.4, 0.5) is 0 Å². The SMILES string of the molecule is C.C.COC(C)(C)OC(C)(C)C(C)(C)C. The van der Waals surface area contributed by atoms with Gasteiger partial charge in [-0.05, 0) is 33.1 Å². The molecule has 0 spiro atoms. The summed E-state index contributed by atoms with van der Waals surface area (Å²) in [5.41, 5.74) is -0.102. The average molecular weight is 220 g/mol. The van der Waals surface area contributed by atoms with Gasteiger partial charge in [0.05, 0.1) is 5.60 Å². The summed E-state index contributed by atoms with van der Waals surface area (Å²) >= 11 is 0. The lowest BCUT2D eigenvalue weighted by Gasteiger charge is -2.43. The first kappa shape index (κ1) is 20.3. The van der Waals surface area contributed by atoms with Crippen molar-refractivity contribution in [2.75, 3.05) is 7.11 Å². The van der Waals surface area contributed by atoms with Crippen LogP contribution in [0.25, 0.3) is 0 Å². The van der Waals surface area contributed by atoms with E-state index in [4.69, 9.17) is 9.47 Å². The Morgan fingerprint density at radius 3 is 1.27 bits per heavy atom. The van der Waals surface area contributed by atoms with Crippen molar-refractivity contribution >= 4 is 0 Å². The molecule has 0 N–H and O–H groups in total. The van der Waals surface area contributed by atoms with Crippen LogP contribution in [-0.2, 0) is 9.47 Å². The van der Waals surface area contributed by atoms with Crippen LogP contribution in [0.3, 0.4) is 0 Å². The molecule has 0 fully saturated rings. The topological polar surface area (TPSA) is 18.5 Å². The van der Waals surface area contributed by atoms with Crippen LogP contribution in [0.1, 0.15) is 63.3 Å². The van der Waals surface area contributed by atoms with Gasteiger partial charge in [0.1, 0.15) is 0 Å². The lowest BCUT2D eigenvalue weighted by molar-refractivity contribution is -0.273. The first-order valence-corrected chi connectivity index (χ1v) is 4.77. The van der Waals surface area contributed by atoms with Crippen molar-refractivity contribution in [1.82, 2.24) is 0 Å². The maximum absolute atomic E-state index is 5.92. The molecule has 0 amide bonds. The summed E-state index contributed by atoms with van der Waals surface area (Å²) < 4.78 is 11.2. The van der Waals surface area contributed by atoms with Gasteiger partial charge in [-0.15, -0.1) is 0 Å². The van der Waals surface area contributed by atoms with E-state index in [9.17, 15) is 0 Å². The fourth-order valence-corrected chi connectivity index (χ4v) is 0.809. The third-order valence-corrected chi connectivity index (χ3v) is 2.80. The fourth-order valence-electron chi connectivity index (χ4n) is 0.809. The predicted octanol–water partition coefficient (Wildman–Crippen LogP) is 4.48. The minimum Gasteiger partial charge on any atom is -0.354 e. The maximum atomic E-state index is 5.92. The summed E-state index contributed by atoms with van der Waals surface area (Å²) in [4.78, 5) is 0. The highest BCUT2D eigenvalue weighted by Crippen LogP contribution is 2.36. The normalized spacial score (nSPS) is 12.8. The monoisotopic (exact) mass is 220 g/mol. The molecule has 2 heteroatoms. The number of hydrogen-bond donors (Lipinski definition) is 0. The molecule has 15 heavy (non-hydrogen) atoms. The Kier molecular flexibility index (Phi) is 7.94. The second-order valence-electron chi connectivity index (χ2n) is 5.47. The Balaban J connectivity index is -0.000000720. The molecule has 0 aliphatic heterocycles. The van der Waals surface area contributed by atoms with Gasteiger partial charge in [-0.3, -0.25) is 0 Å². The third kappa shape index (κ3) is 6.16. The van der Waals surface area contributed by atoms with Gasteiger partial charge in [-0.25, -0.2) is 0 Å². The smallest absolute Gasteiger partial charge is 0.163 e. The number of methoxy groups -OCH3 is 1. The predicted molar refractivity (Wildman–Crippen MR) is 69.2 cm³/mol. The Hall–Kier alpha value is -0.0800. The van der Waals surface area contributed by atoms with Crippen molar-refractivity contribution in [2.24, 2.45) is 5.41 Å². The first-order chi connectivity index (χ1) is 5.52. The van der Waals surface area contributed by atoms with Gasteiger partial charge in [0.2, 0.25) is 0 Å². The van der Waals surface area contributed by atoms with E-state index in [0.29, 0.717) is 0 Å². The number of hydrogen-bond acceptors (Lipinski definition) is 2. The van der Waals surface area contributed by atoms with E-state index in [0.717, 1.165) is 0 Å². The van der Waals surface area contributed by atoms with Gasteiger partial charge < -0.3 is 9.47 Å². The molecule has 96 valence electrons. The van der Waals surface area contributed by atoms with Gasteiger partial charge in [0.25, 0.3) is 0 Å². The Morgan fingerprint density at radius 2 is 1.07 bits per heavy atom. The van der Waals surface area contributed by atoms with Crippen molar-refractivity contribution in [3.63, 3.8) is 0 Å². The molecule has 0 bridgehead atoms. The summed E-state index contributed by atoms with van der Waals surface area (Å²) in [7, 11) is 1.67. The molecule has 0 aromatic rings. The highest BCUT2D eigenvalue weighted by Gasteiger charge is 2.38. The quantitative estimate of drug-likeness (QED) is 0.653. The van der Waals surface area contributed by atoms with Crippen molar-refractivity contribution in [3.8, 4) is 0 Å². The molecule has 0 radical (unpaired) electrons. The van der Waals surface area contributed by atoms with Crippen molar-refractivity contribution in [2.45, 2.75) is 74.7 Å². The van der Waals surface area contributed by atoms with Gasteiger partial charge >= 0.3 is 0 Å². The lowest BCUT2D eigenvalue weighted by atomic mass is 9.79. The van der Waals surface area contributed by atoms with Crippen LogP contribution in [-0.4, -0.2) is 18.5 Å². The molecule has 0 saturated heterocycles. The minimum absolute atomic E-state index is 0. The zero-order chi connectivity index (χ0) is 10.9. The van der Waals surface area contributed by atoms with Gasteiger partial charge in [-0.1, -0.05) is 35.6 Å². The van der Waals surface area contributed by atoms with Crippen LogP contribution >= 0.6 is 0 Å². The largest absolute Gasteiger partial charge is 0.354 e. The summed E-state index contributed by atoms with van der Waals surface area (Å²) in [5, 5.41) is 0. The zero-order valence-electron chi connectivity index (χ0n) is 10.3.